The molecule has 312 valence electrons. The second kappa shape index (κ2) is 32.8. The average Bonchev–Trinajstić information content (AvgIpc) is 3.12. The first kappa shape index (κ1) is 49.6. The molecule has 1 aliphatic rings. The van der Waals surface area contributed by atoms with Crippen molar-refractivity contribution in [2.45, 2.75) is 198 Å². The van der Waals surface area contributed by atoms with Crippen LogP contribution in [0.4, 0.5) is 0 Å². The van der Waals surface area contributed by atoms with Crippen LogP contribution in [0.5, 0.6) is 0 Å². The number of hydrogen-bond donors (Lipinski definition) is 4. The van der Waals surface area contributed by atoms with Crippen LogP contribution in [0.25, 0.3) is 0 Å². The van der Waals surface area contributed by atoms with Gasteiger partial charge in [0.2, 0.25) is 0 Å². The molecule has 13 heteroatoms. The summed E-state index contributed by atoms with van der Waals surface area (Å²) >= 11 is 0. The van der Waals surface area contributed by atoms with E-state index in [0.29, 0.717) is 13.0 Å². The van der Waals surface area contributed by atoms with Crippen LogP contribution >= 0.6 is 0 Å². The highest BCUT2D eigenvalue weighted by molar-refractivity contribution is 7.80. The van der Waals surface area contributed by atoms with Crippen molar-refractivity contribution >= 4 is 16.4 Å². The normalized spacial score (nSPS) is 21.5. The fraction of sp³-hybridized carbons (Fsp3) is 0.875. The van der Waals surface area contributed by atoms with Crippen molar-refractivity contribution in [3.8, 4) is 0 Å². The number of aliphatic hydroxyl groups is 3. The summed E-state index contributed by atoms with van der Waals surface area (Å²) in [5.41, 5.74) is 0. The number of hydrogen-bond acceptors (Lipinski definition) is 11. The standard InChI is InChI=1S/C40H74O12S/c1-3-5-7-9-11-12-13-14-15-16-17-18-19-20-21-22-23-24-26-28-30-48-32-34(50-36(42)29-27-25-10-8-6-4-2)33-49-40-38(44)39(52-53(45,46)47)37(43)35(31-41)51-40/h11-12,14-15,34-35,37-41,43-44H,3-10,13,16-33H2,1-2H3,(H,45,46,47)/b12-11-,15-14-. The Labute approximate surface area is 321 Å². The van der Waals surface area contributed by atoms with Crippen molar-refractivity contribution < 1.29 is 56.2 Å². The third kappa shape index (κ3) is 26.9. The predicted molar refractivity (Wildman–Crippen MR) is 207 cm³/mol. The fourth-order valence-electron chi connectivity index (χ4n) is 6.17. The van der Waals surface area contributed by atoms with E-state index in [1.165, 1.54) is 77.0 Å². The molecule has 0 saturated carbocycles. The van der Waals surface area contributed by atoms with Crippen LogP contribution in [0.3, 0.4) is 0 Å². The lowest BCUT2D eigenvalue weighted by Gasteiger charge is -2.41. The van der Waals surface area contributed by atoms with E-state index in [9.17, 15) is 28.5 Å². The highest BCUT2D eigenvalue weighted by Crippen LogP contribution is 2.26. The van der Waals surface area contributed by atoms with E-state index in [4.69, 9.17) is 23.5 Å². The van der Waals surface area contributed by atoms with E-state index >= 15 is 0 Å². The summed E-state index contributed by atoms with van der Waals surface area (Å²) < 4.78 is 58.6. The number of carbonyl (C=O) groups is 1. The maximum atomic E-state index is 12.6. The summed E-state index contributed by atoms with van der Waals surface area (Å²) in [5.74, 6) is -0.410. The molecule has 1 fully saturated rings. The average molecular weight is 779 g/mol. The number of allylic oxidation sites excluding steroid dienone is 4. The first-order valence-corrected chi connectivity index (χ1v) is 22.0. The lowest BCUT2D eigenvalue weighted by molar-refractivity contribution is -0.301. The predicted octanol–water partition coefficient (Wildman–Crippen LogP) is 7.68. The van der Waals surface area contributed by atoms with Gasteiger partial charge in [-0.2, -0.15) is 8.42 Å². The van der Waals surface area contributed by atoms with Crippen molar-refractivity contribution in [3.05, 3.63) is 24.3 Å². The van der Waals surface area contributed by atoms with Crippen molar-refractivity contribution in [2.24, 2.45) is 0 Å². The molecule has 6 atom stereocenters. The van der Waals surface area contributed by atoms with Gasteiger partial charge in [0.1, 0.15) is 30.5 Å². The Kier molecular flexibility index (Phi) is 30.7. The smallest absolute Gasteiger partial charge is 0.397 e. The molecule has 0 radical (unpaired) electrons. The molecule has 0 aromatic rings. The Morgan fingerprint density at radius 1 is 0.717 bits per heavy atom. The van der Waals surface area contributed by atoms with Crippen LogP contribution < -0.4 is 0 Å². The Morgan fingerprint density at radius 3 is 1.83 bits per heavy atom. The lowest BCUT2D eigenvalue weighted by atomic mass is 9.99. The van der Waals surface area contributed by atoms with E-state index in [1.807, 2.05) is 0 Å². The van der Waals surface area contributed by atoms with Crippen LogP contribution in [0.15, 0.2) is 24.3 Å². The van der Waals surface area contributed by atoms with Crippen LogP contribution in [0, 0.1) is 0 Å². The van der Waals surface area contributed by atoms with Gasteiger partial charge in [0, 0.05) is 13.0 Å². The van der Waals surface area contributed by atoms with Crippen LogP contribution in [0.2, 0.25) is 0 Å². The molecular weight excluding hydrogens is 704 g/mol. The molecule has 53 heavy (non-hydrogen) atoms. The monoisotopic (exact) mass is 778 g/mol. The molecule has 1 rings (SSSR count). The SMILES string of the molecule is CCCCC/C=C\C/C=C\CCCCCCCCCCCCOCC(COC1OC(CO)C(O)C(OS(=O)(=O)O)C1O)OC(=O)CCCCCCCC. The molecule has 0 aliphatic carbocycles. The third-order valence-electron chi connectivity index (χ3n) is 9.33. The van der Waals surface area contributed by atoms with Gasteiger partial charge in [-0.15, -0.1) is 0 Å². The molecule has 0 aromatic heterocycles. The van der Waals surface area contributed by atoms with Crippen molar-refractivity contribution in [2.75, 3.05) is 26.4 Å². The Morgan fingerprint density at radius 2 is 1.25 bits per heavy atom. The maximum Gasteiger partial charge on any atom is 0.397 e. The summed E-state index contributed by atoms with van der Waals surface area (Å²) in [6.45, 7) is 3.87. The van der Waals surface area contributed by atoms with E-state index < -0.39 is 59.8 Å². The lowest BCUT2D eigenvalue weighted by Crippen LogP contribution is -2.60. The molecule has 0 aromatic carbocycles. The Balaban J connectivity index is 2.34. The van der Waals surface area contributed by atoms with Gasteiger partial charge in [-0.3, -0.25) is 9.35 Å². The summed E-state index contributed by atoms with van der Waals surface area (Å²) in [6.07, 6.45) is 25.4. The van der Waals surface area contributed by atoms with Gasteiger partial charge in [-0.1, -0.05) is 134 Å². The topological polar surface area (TPSA) is 178 Å². The van der Waals surface area contributed by atoms with E-state index in [0.717, 1.165) is 57.8 Å². The van der Waals surface area contributed by atoms with Gasteiger partial charge < -0.3 is 34.3 Å². The second-order valence-electron chi connectivity index (χ2n) is 14.2. The van der Waals surface area contributed by atoms with Crippen molar-refractivity contribution in [1.82, 2.24) is 0 Å². The van der Waals surface area contributed by atoms with Gasteiger partial charge in [0.25, 0.3) is 0 Å². The molecule has 1 saturated heterocycles. The molecular formula is C40H74O12S. The Bertz CT molecular complexity index is 1040. The highest BCUT2D eigenvalue weighted by atomic mass is 32.3. The summed E-state index contributed by atoms with van der Waals surface area (Å²) in [5, 5.41) is 30.5. The van der Waals surface area contributed by atoms with Crippen LogP contribution in [-0.2, 0) is 38.3 Å². The van der Waals surface area contributed by atoms with Crippen LogP contribution in [-0.4, -0.2) is 97.5 Å². The fourth-order valence-corrected chi connectivity index (χ4v) is 6.68. The van der Waals surface area contributed by atoms with E-state index in [1.54, 1.807) is 0 Å². The van der Waals surface area contributed by atoms with Gasteiger partial charge in [0.15, 0.2) is 6.29 Å². The summed E-state index contributed by atoms with van der Waals surface area (Å²) in [7, 11) is -5.05. The number of aliphatic hydroxyl groups excluding tert-OH is 3. The zero-order chi connectivity index (χ0) is 39.0. The quantitative estimate of drug-likeness (QED) is 0.0214. The van der Waals surface area contributed by atoms with Gasteiger partial charge in [-0.25, -0.2) is 4.18 Å². The molecule has 1 heterocycles. The van der Waals surface area contributed by atoms with Crippen LogP contribution in [0.1, 0.15) is 162 Å². The number of carbonyl (C=O) groups excluding carboxylic acids is 1. The molecule has 4 N–H and O–H groups in total. The molecule has 1 aliphatic heterocycles. The summed E-state index contributed by atoms with van der Waals surface area (Å²) in [4.78, 5) is 12.6. The highest BCUT2D eigenvalue weighted by Gasteiger charge is 2.48. The summed E-state index contributed by atoms with van der Waals surface area (Å²) in [6, 6.07) is 0. The number of esters is 1. The first-order chi connectivity index (χ1) is 25.6. The van der Waals surface area contributed by atoms with E-state index in [-0.39, 0.29) is 19.6 Å². The minimum absolute atomic E-state index is 0.0357. The molecule has 0 bridgehead atoms. The first-order valence-electron chi connectivity index (χ1n) is 20.6. The zero-order valence-corrected chi connectivity index (χ0v) is 33.6. The van der Waals surface area contributed by atoms with Gasteiger partial charge in [0.05, 0.1) is 19.8 Å². The molecule has 0 spiro atoms. The number of rotatable bonds is 35. The number of ether oxygens (including phenoxy) is 4. The molecule has 6 unspecified atom stereocenters. The second-order valence-corrected chi connectivity index (χ2v) is 15.3. The largest absolute Gasteiger partial charge is 0.457 e. The van der Waals surface area contributed by atoms with Gasteiger partial charge >= 0.3 is 16.4 Å². The Hall–Kier alpha value is -1.42. The zero-order valence-electron chi connectivity index (χ0n) is 32.8. The third-order valence-corrected chi connectivity index (χ3v) is 9.79. The van der Waals surface area contributed by atoms with Gasteiger partial charge in [-0.05, 0) is 44.9 Å². The molecule has 12 nitrogen and oxygen atoms in total. The van der Waals surface area contributed by atoms with Crippen molar-refractivity contribution in [3.63, 3.8) is 0 Å². The van der Waals surface area contributed by atoms with E-state index in [2.05, 4.69) is 42.3 Å². The molecule has 0 amide bonds. The van der Waals surface area contributed by atoms with Crippen molar-refractivity contribution in [1.29, 1.82) is 0 Å². The maximum absolute atomic E-state index is 12.6. The minimum Gasteiger partial charge on any atom is -0.457 e. The minimum atomic E-state index is -5.05. The number of unbranched alkanes of at least 4 members (excludes halogenated alkanes) is 18.